The molecule has 1 aliphatic rings. The fourth-order valence-corrected chi connectivity index (χ4v) is 4.75. The van der Waals surface area contributed by atoms with Gasteiger partial charge in [0.2, 0.25) is 0 Å². The summed E-state index contributed by atoms with van der Waals surface area (Å²) in [5, 5.41) is 1.13. The lowest BCUT2D eigenvalue weighted by Crippen LogP contribution is -2.39. The second kappa shape index (κ2) is 10.2. The molecule has 1 aliphatic carbocycles. The molecule has 0 radical (unpaired) electrons. The number of aliphatic imine (C=N–C) groups is 1. The third-order valence-electron chi connectivity index (χ3n) is 4.58. The molecule has 0 amide bonds. The highest BCUT2D eigenvalue weighted by Gasteiger charge is 2.24. The minimum atomic E-state index is -3.34. The van der Waals surface area contributed by atoms with E-state index in [1.54, 1.807) is 36.7 Å². The Morgan fingerprint density at radius 3 is 2.47 bits per heavy atom. The van der Waals surface area contributed by atoms with Crippen molar-refractivity contribution in [3.8, 4) is 0 Å². The number of nitrogens with two attached hydrogens (primary N) is 1. The Kier molecular flexibility index (Phi) is 7.66. The Hall–Kier alpha value is -2.19. The molecule has 30 heavy (non-hydrogen) atoms. The van der Waals surface area contributed by atoms with Crippen molar-refractivity contribution in [3.63, 3.8) is 0 Å². The number of pyridine rings is 1. The first-order chi connectivity index (χ1) is 14.4. The topological polar surface area (TPSA) is 95.4 Å². The van der Waals surface area contributed by atoms with E-state index in [9.17, 15) is 4.21 Å². The lowest BCUT2D eigenvalue weighted by Gasteiger charge is -2.26. The van der Waals surface area contributed by atoms with Crippen molar-refractivity contribution >= 4 is 39.0 Å². The third kappa shape index (κ3) is 5.92. The van der Waals surface area contributed by atoms with Gasteiger partial charge in [-0.1, -0.05) is 35.4 Å². The SMILES string of the molecule is N=S(=O)(c1ccc(Cl)cc1)N(CC1=CCCC=C1Cl)CC(N)=NCc1ccncc1. The van der Waals surface area contributed by atoms with Crippen molar-refractivity contribution in [1.29, 1.82) is 4.78 Å². The van der Waals surface area contributed by atoms with Gasteiger partial charge in [-0.2, -0.15) is 0 Å². The second-order valence-corrected chi connectivity index (χ2v) is 9.68. The maximum Gasteiger partial charge on any atom is 0.137 e. The number of rotatable bonds is 8. The largest absolute Gasteiger partial charge is 0.386 e. The first-order valence-corrected chi connectivity index (χ1v) is 11.7. The van der Waals surface area contributed by atoms with Crippen LogP contribution in [0, 0.1) is 4.78 Å². The van der Waals surface area contributed by atoms with Crippen LogP contribution in [0.2, 0.25) is 5.02 Å². The van der Waals surface area contributed by atoms with E-state index < -0.39 is 9.92 Å². The fourth-order valence-electron chi connectivity index (χ4n) is 2.94. The van der Waals surface area contributed by atoms with Gasteiger partial charge in [-0.3, -0.25) is 9.98 Å². The van der Waals surface area contributed by atoms with Crippen LogP contribution in [0.15, 0.2) is 81.4 Å². The van der Waals surface area contributed by atoms with Gasteiger partial charge >= 0.3 is 0 Å². The first-order valence-electron chi connectivity index (χ1n) is 9.38. The van der Waals surface area contributed by atoms with Crippen LogP contribution in [0.1, 0.15) is 18.4 Å². The van der Waals surface area contributed by atoms with Crippen LogP contribution >= 0.6 is 23.2 Å². The number of halogens is 2. The standard InChI is InChI=1S/C21H23Cl2N5OS/c22-18-5-7-19(8-6-18)30(25,29)28(14-17-3-1-2-4-20(17)23)15-21(24)27-13-16-9-11-26-12-10-16/h3-12,25H,1-2,13-15H2,(H2,24,27). The van der Waals surface area contributed by atoms with E-state index in [2.05, 4.69) is 9.98 Å². The maximum absolute atomic E-state index is 13.5. The predicted molar refractivity (Wildman–Crippen MR) is 123 cm³/mol. The molecule has 2 aromatic rings. The summed E-state index contributed by atoms with van der Waals surface area (Å²) in [5.74, 6) is 0.289. The summed E-state index contributed by atoms with van der Waals surface area (Å²) < 4.78 is 23.7. The molecule has 3 rings (SSSR count). The van der Waals surface area contributed by atoms with Gasteiger partial charge in [0.25, 0.3) is 0 Å². The summed E-state index contributed by atoms with van der Waals surface area (Å²) in [7, 11) is -3.34. The van der Waals surface area contributed by atoms with Gasteiger partial charge < -0.3 is 5.73 Å². The van der Waals surface area contributed by atoms with Crippen molar-refractivity contribution in [3.05, 3.63) is 82.1 Å². The zero-order valence-electron chi connectivity index (χ0n) is 16.3. The number of hydrogen-bond donors (Lipinski definition) is 2. The van der Waals surface area contributed by atoms with E-state index in [1.807, 2.05) is 24.3 Å². The van der Waals surface area contributed by atoms with E-state index in [0.29, 0.717) is 21.5 Å². The fraction of sp³-hybridized carbons (Fsp3) is 0.238. The average Bonchev–Trinajstić information content (AvgIpc) is 2.74. The van der Waals surface area contributed by atoms with Crippen LogP contribution in [-0.2, 0) is 16.5 Å². The van der Waals surface area contributed by atoms with E-state index in [0.717, 1.165) is 24.0 Å². The monoisotopic (exact) mass is 463 g/mol. The molecular weight excluding hydrogens is 441 g/mol. The van der Waals surface area contributed by atoms with Crippen molar-refractivity contribution in [2.75, 3.05) is 13.1 Å². The van der Waals surface area contributed by atoms with Crippen LogP contribution in [-0.4, -0.2) is 32.4 Å². The molecule has 1 aromatic heterocycles. The predicted octanol–water partition coefficient (Wildman–Crippen LogP) is 4.76. The van der Waals surface area contributed by atoms with Gasteiger partial charge in [-0.15, -0.1) is 0 Å². The third-order valence-corrected chi connectivity index (χ3v) is 7.13. The highest BCUT2D eigenvalue weighted by Crippen LogP contribution is 2.26. The Balaban J connectivity index is 1.86. The molecule has 1 unspecified atom stereocenters. The van der Waals surface area contributed by atoms with Crippen molar-refractivity contribution in [1.82, 2.24) is 9.29 Å². The molecule has 1 heterocycles. The minimum Gasteiger partial charge on any atom is -0.386 e. The molecule has 6 nitrogen and oxygen atoms in total. The van der Waals surface area contributed by atoms with Crippen LogP contribution in [0.5, 0.6) is 0 Å². The van der Waals surface area contributed by atoms with E-state index in [-0.39, 0.29) is 18.9 Å². The summed E-state index contributed by atoms with van der Waals surface area (Å²) in [4.78, 5) is 8.73. The van der Waals surface area contributed by atoms with Crippen molar-refractivity contribution in [2.24, 2.45) is 10.7 Å². The maximum atomic E-state index is 13.5. The summed E-state index contributed by atoms with van der Waals surface area (Å²) in [5.41, 5.74) is 7.95. The summed E-state index contributed by atoms with van der Waals surface area (Å²) in [6.45, 7) is 0.676. The number of nitrogens with zero attached hydrogens (tertiary/aromatic N) is 3. The molecule has 9 heteroatoms. The molecule has 1 aromatic carbocycles. The number of hydrogen-bond acceptors (Lipinski definition) is 4. The number of benzene rings is 1. The molecule has 0 saturated carbocycles. The highest BCUT2D eigenvalue weighted by atomic mass is 35.5. The molecule has 0 saturated heterocycles. The molecule has 3 N–H and O–H groups in total. The lowest BCUT2D eigenvalue weighted by atomic mass is 10.1. The number of amidine groups is 1. The van der Waals surface area contributed by atoms with Gasteiger partial charge in [0, 0.05) is 29.0 Å². The van der Waals surface area contributed by atoms with Crippen LogP contribution in [0.4, 0.5) is 0 Å². The number of allylic oxidation sites excluding steroid dienone is 2. The zero-order valence-corrected chi connectivity index (χ0v) is 18.6. The van der Waals surface area contributed by atoms with Gasteiger partial charge in [0.1, 0.15) is 15.8 Å². The molecule has 0 aliphatic heterocycles. The first kappa shape index (κ1) is 22.5. The van der Waals surface area contributed by atoms with Gasteiger partial charge in [-0.05, 0) is 60.4 Å². The van der Waals surface area contributed by atoms with Gasteiger partial charge in [0.05, 0.1) is 18.0 Å². The van der Waals surface area contributed by atoms with Gasteiger partial charge in [-0.25, -0.2) is 13.3 Å². The smallest absolute Gasteiger partial charge is 0.137 e. The molecule has 0 fully saturated rings. The van der Waals surface area contributed by atoms with Crippen molar-refractivity contribution < 1.29 is 4.21 Å². The Morgan fingerprint density at radius 1 is 1.13 bits per heavy atom. The van der Waals surface area contributed by atoms with Gasteiger partial charge in [0.15, 0.2) is 0 Å². The average molecular weight is 464 g/mol. The Morgan fingerprint density at radius 2 is 1.80 bits per heavy atom. The van der Waals surface area contributed by atoms with Crippen molar-refractivity contribution in [2.45, 2.75) is 24.3 Å². The minimum absolute atomic E-state index is 0.0670. The van der Waals surface area contributed by atoms with Crippen LogP contribution in [0.25, 0.3) is 0 Å². The Bertz CT molecular complexity index is 1060. The van der Waals surface area contributed by atoms with E-state index in [4.69, 9.17) is 33.7 Å². The molecule has 0 bridgehead atoms. The van der Waals surface area contributed by atoms with Crippen LogP contribution in [0.3, 0.4) is 0 Å². The highest BCUT2D eigenvalue weighted by molar-refractivity contribution is 7.90. The van der Waals surface area contributed by atoms with Crippen LogP contribution < -0.4 is 5.73 Å². The molecule has 1 atom stereocenters. The normalized spacial score (nSPS) is 16.7. The molecule has 0 spiro atoms. The number of nitrogens with one attached hydrogen (secondary N) is 1. The number of aromatic nitrogens is 1. The lowest BCUT2D eigenvalue weighted by molar-refractivity contribution is 0.519. The van der Waals surface area contributed by atoms with E-state index in [1.165, 1.54) is 4.31 Å². The zero-order chi connectivity index (χ0) is 21.6. The summed E-state index contributed by atoms with van der Waals surface area (Å²) >= 11 is 12.3. The molecule has 158 valence electrons. The summed E-state index contributed by atoms with van der Waals surface area (Å²) in [6, 6.07) is 10.2. The molecular formula is C21H23Cl2N5OS. The summed E-state index contributed by atoms with van der Waals surface area (Å²) in [6.07, 6.45) is 9.04. The van der Waals surface area contributed by atoms with E-state index >= 15 is 0 Å². The Labute approximate surface area is 187 Å². The quantitative estimate of drug-likeness (QED) is 0.436. The second-order valence-electron chi connectivity index (χ2n) is 6.80.